The summed E-state index contributed by atoms with van der Waals surface area (Å²) in [4.78, 5) is 2.48. The summed E-state index contributed by atoms with van der Waals surface area (Å²) >= 11 is 0. The number of benzene rings is 1. The molecule has 0 saturated heterocycles. The number of para-hydroxylation sites is 1. The minimum atomic E-state index is 0.426. The number of nitrogens with zero attached hydrogens (tertiary/aromatic N) is 1. The van der Waals surface area contributed by atoms with Crippen LogP contribution in [0.4, 0.5) is 0 Å². The van der Waals surface area contributed by atoms with Gasteiger partial charge in [-0.15, -0.1) is 0 Å². The molecular weight excluding hydrogens is 210 g/mol. The monoisotopic (exact) mass is 235 g/mol. The van der Waals surface area contributed by atoms with E-state index in [4.69, 9.17) is 4.74 Å². The van der Waals surface area contributed by atoms with E-state index in [2.05, 4.69) is 39.5 Å². The summed E-state index contributed by atoms with van der Waals surface area (Å²) in [6, 6.07) is 11.5. The molecule has 0 radical (unpaired) electrons. The average Bonchev–Trinajstić information content (AvgIpc) is 2.27. The third-order valence-corrected chi connectivity index (χ3v) is 2.94. The molecule has 0 amide bonds. The van der Waals surface area contributed by atoms with Gasteiger partial charge >= 0.3 is 0 Å². The highest BCUT2D eigenvalue weighted by Gasteiger charge is 2.20. The third kappa shape index (κ3) is 4.39. The molecule has 17 heavy (non-hydrogen) atoms. The Hall–Kier alpha value is -1.02. The quantitative estimate of drug-likeness (QED) is 0.747. The summed E-state index contributed by atoms with van der Waals surface area (Å²) in [7, 11) is 0. The molecule has 96 valence electrons. The zero-order valence-electron chi connectivity index (χ0n) is 11.7. The van der Waals surface area contributed by atoms with Crippen LogP contribution in [0.5, 0.6) is 5.75 Å². The first kappa shape index (κ1) is 14.0. The molecule has 1 rings (SSSR count). The fourth-order valence-electron chi connectivity index (χ4n) is 2.43. The van der Waals surface area contributed by atoms with Crippen molar-refractivity contribution >= 4 is 0 Å². The van der Waals surface area contributed by atoms with Gasteiger partial charge in [-0.1, -0.05) is 18.2 Å². The summed E-state index contributed by atoms with van der Waals surface area (Å²) < 4.78 is 5.81. The molecule has 0 aliphatic rings. The molecule has 1 aromatic carbocycles. The van der Waals surface area contributed by atoms with Crippen molar-refractivity contribution in [1.82, 2.24) is 4.90 Å². The number of hydrogen-bond donors (Lipinski definition) is 0. The van der Waals surface area contributed by atoms with E-state index in [1.807, 2.05) is 30.3 Å². The lowest BCUT2D eigenvalue weighted by Gasteiger charge is -2.36. The van der Waals surface area contributed by atoms with Crippen LogP contribution < -0.4 is 4.74 Å². The molecular formula is C15H25NO. The van der Waals surface area contributed by atoms with E-state index in [0.717, 1.165) is 12.4 Å². The maximum Gasteiger partial charge on any atom is 0.119 e. The van der Waals surface area contributed by atoms with Gasteiger partial charge in [-0.3, -0.25) is 4.90 Å². The van der Waals surface area contributed by atoms with Gasteiger partial charge in [0.1, 0.15) is 12.4 Å². The highest BCUT2D eigenvalue weighted by Crippen LogP contribution is 2.13. The highest BCUT2D eigenvalue weighted by atomic mass is 16.5. The van der Waals surface area contributed by atoms with E-state index in [1.165, 1.54) is 0 Å². The Morgan fingerprint density at radius 1 is 0.941 bits per heavy atom. The molecule has 0 saturated carbocycles. The maximum absolute atomic E-state index is 5.81. The fraction of sp³-hybridized carbons (Fsp3) is 0.600. The second-order valence-electron chi connectivity index (χ2n) is 5.11. The first-order valence-corrected chi connectivity index (χ1v) is 6.47. The Bertz CT molecular complexity index is 300. The smallest absolute Gasteiger partial charge is 0.119 e. The van der Waals surface area contributed by atoms with Crippen molar-refractivity contribution < 1.29 is 4.74 Å². The van der Waals surface area contributed by atoms with Gasteiger partial charge in [0.05, 0.1) is 0 Å². The first-order chi connectivity index (χ1) is 8.02. The minimum Gasteiger partial charge on any atom is -0.492 e. The van der Waals surface area contributed by atoms with Crippen LogP contribution in [0.15, 0.2) is 30.3 Å². The number of ether oxygens (including phenoxy) is 1. The molecule has 0 aliphatic carbocycles. The van der Waals surface area contributed by atoms with Crippen LogP contribution in [0.25, 0.3) is 0 Å². The predicted molar refractivity (Wildman–Crippen MR) is 73.5 cm³/mol. The van der Waals surface area contributed by atoms with E-state index >= 15 is 0 Å². The molecule has 2 heteroatoms. The molecule has 1 unspecified atom stereocenters. The molecule has 0 heterocycles. The van der Waals surface area contributed by atoms with Gasteiger partial charge in [0.2, 0.25) is 0 Å². The third-order valence-electron chi connectivity index (χ3n) is 2.94. The lowest BCUT2D eigenvalue weighted by atomic mass is 10.1. The Morgan fingerprint density at radius 2 is 1.47 bits per heavy atom. The second kappa shape index (κ2) is 6.65. The van der Waals surface area contributed by atoms with Crippen molar-refractivity contribution in [2.45, 2.75) is 52.7 Å². The summed E-state index contributed by atoms with van der Waals surface area (Å²) in [5.41, 5.74) is 0. The molecule has 0 fully saturated rings. The second-order valence-corrected chi connectivity index (χ2v) is 5.11. The van der Waals surface area contributed by atoms with Gasteiger partial charge in [0.15, 0.2) is 0 Å². The largest absolute Gasteiger partial charge is 0.492 e. The molecule has 1 atom stereocenters. The summed E-state index contributed by atoms with van der Waals surface area (Å²) in [5.74, 6) is 0.951. The van der Waals surface area contributed by atoms with E-state index in [9.17, 15) is 0 Å². The summed E-state index contributed by atoms with van der Waals surface area (Å²) in [5, 5.41) is 0. The number of rotatable bonds is 6. The van der Waals surface area contributed by atoms with Crippen LogP contribution in [0.1, 0.15) is 34.6 Å². The van der Waals surface area contributed by atoms with Gasteiger partial charge in [0, 0.05) is 18.1 Å². The Kier molecular flexibility index (Phi) is 5.49. The van der Waals surface area contributed by atoms with Crippen molar-refractivity contribution in [2.75, 3.05) is 6.61 Å². The van der Waals surface area contributed by atoms with Crippen LogP contribution >= 0.6 is 0 Å². The zero-order chi connectivity index (χ0) is 12.8. The molecule has 0 N–H and O–H groups in total. The van der Waals surface area contributed by atoms with Gasteiger partial charge in [-0.25, -0.2) is 0 Å². The zero-order valence-corrected chi connectivity index (χ0v) is 11.7. The Balaban J connectivity index is 2.50. The van der Waals surface area contributed by atoms with Gasteiger partial charge < -0.3 is 4.74 Å². The predicted octanol–water partition coefficient (Wildman–Crippen LogP) is 3.57. The molecule has 0 aliphatic heterocycles. The van der Waals surface area contributed by atoms with Crippen molar-refractivity contribution in [2.24, 2.45) is 0 Å². The van der Waals surface area contributed by atoms with Crippen LogP contribution in [0.2, 0.25) is 0 Å². The highest BCUT2D eigenvalue weighted by molar-refractivity contribution is 5.20. The van der Waals surface area contributed by atoms with Gasteiger partial charge in [-0.2, -0.15) is 0 Å². The van der Waals surface area contributed by atoms with E-state index < -0.39 is 0 Å². The molecule has 0 spiro atoms. The average molecular weight is 235 g/mol. The fourth-order valence-corrected chi connectivity index (χ4v) is 2.43. The minimum absolute atomic E-state index is 0.426. The van der Waals surface area contributed by atoms with Crippen LogP contribution in [0.3, 0.4) is 0 Å². The standard InChI is InChI=1S/C15H25NO/c1-12(2)16(13(3)4)14(5)11-17-15-9-7-6-8-10-15/h6-10,12-14H,11H2,1-5H3. The van der Waals surface area contributed by atoms with Crippen molar-refractivity contribution in [1.29, 1.82) is 0 Å². The molecule has 2 nitrogen and oxygen atoms in total. The van der Waals surface area contributed by atoms with Crippen LogP contribution in [0, 0.1) is 0 Å². The topological polar surface area (TPSA) is 12.5 Å². The van der Waals surface area contributed by atoms with E-state index in [0.29, 0.717) is 18.1 Å². The van der Waals surface area contributed by atoms with Crippen molar-refractivity contribution in [3.63, 3.8) is 0 Å². The molecule has 0 aromatic heterocycles. The first-order valence-electron chi connectivity index (χ1n) is 6.47. The maximum atomic E-state index is 5.81. The van der Waals surface area contributed by atoms with Gasteiger partial charge in [0.25, 0.3) is 0 Å². The SMILES string of the molecule is CC(C)N(C(C)C)C(C)COc1ccccc1. The summed E-state index contributed by atoms with van der Waals surface area (Å²) in [6.07, 6.45) is 0. The van der Waals surface area contributed by atoms with Crippen LogP contribution in [-0.2, 0) is 0 Å². The Morgan fingerprint density at radius 3 is 1.94 bits per heavy atom. The molecule has 1 aromatic rings. The Labute approximate surface area is 106 Å². The lowest BCUT2D eigenvalue weighted by Crippen LogP contribution is -2.46. The van der Waals surface area contributed by atoms with E-state index in [1.54, 1.807) is 0 Å². The van der Waals surface area contributed by atoms with E-state index in [-0.39, 0.29) is 0 Å². The molecule has 0 bridgehead atoms. The van der Waals surface area contributed by atoms with Gasteiger partial charge in [-0.05, 0) is 46.8 Å². The van der Waals surface area contributed by atoms with Crippen molar-refractivity contribution in [3.8, 4) is 5.75 Å². The summed E-state index contributed by atoms with van der Waals surface area (Å²) in [6.45, 7) is 11.9. The lowest BCUT2D eigenvalue weighted by molar-refractivity contribution is 0.0857. The van der Waals surface area contributed by atoms with Crippen molar-refractivity contribution in [3.05, 3.63) is 30.3 Å². The normalized spacial score (nSPS) is 13.4. The number of hydrogen-bond acceptors (Lipinski definition) is 2. The van der Waals surface area contributed by atoms with Crippen LogP contribution in [-0.4, -0.2) is 29.6 Å².